The van der Waals surface area contributed by atoms with Gasteiger partial charge in [0, 0.05) is 37.4 Å². The lowest BCUT2D eigenvalue weighted by Crippen LogP contribution is -2.51. The van der Waals surface area contributed by atoms with Gasteiger partial charge in [-0.25, -0.2) is 0 Å². The van der Waals surface area contributed by atoms with E-state index in [-0.39, 0.29) is 0 Å². The smallest absolute Gasteiger partial charge is 0.222 e. The Kier molecular flexibility index (Phi) is 7.36. The first-order valence-electron chi connectivity index (χ1n) is 8.39. The van der Waals surface area contributed by atoms with Crippen molar-refractivity contribution in [2.45, 2.75) is 63.8 Å². The second-order valence-corrected chi connectivity index (χ2v) is 7.04. The van der Waals surface area contributed by atoms with Gasteiger partial charge in [-0.3, -0.25) is 9.69 Å². The van der Waals surface area contributed by atoms with Crippen LogP contribution in [0.3, 0.4) is 0 Å². The Morgan fingerprint density at radius 1 is 1.00 bits per heavy atom. The van der Waals surface area contributed by atoms with Gasteiger partial charge >= 0.3 is 0 Å². The first kappa shape index (κ1) is 16.3. The topological polar surface area (TPSA) is 23.6 Å². The number of carbonyl (C=O) groups excluding carboxylic acids is 1. The molecule has 0 radical (unpaired) electrons. The number of fused-ring (bicyclic) bond motifs is 1. The SMILES string of the molecule is O=C1CCC2CN(CCCCCCCCCBr)CCN12. The molecule has 0 aliphatic carbocycles. The van der Waals surface area contributed by atoms with E-state index < -0.39 is 0 Å². The first-order chi connectivity index (χ1) is 9.81. The Labute approximate surface area is 132 Å². The van der Waals surface area contributed by atoms with E-state index in [9.17, 15) is 4.79 Å². The number of unbranched alkanes of at least 4 members (excludes halogenated alkanes) is 6. The number of alkyl halides is 1. The third-order valence-electron chi connectivity index (χ3n) is 4.69. The van der Waals surface area contributed by atoms with Crippen LogP contribution in [0.15, 0.2) is 0 Å². The number of hydrogen-bond donors (Lipinski definition) is 0. The third kappa shape index (κ3) is 5.03. The van der Waals surface area contributed by atoms with Crippen molar-refractivity contribution in [1.29, 1.82) is 0 Å². The summed E-state index contributed by atoms with van der Waals surface area (Å²) in [5, 5.41) is 1.16. The van der Waals surface area contributed by atoms with Crippen LogP contribution in [0.1, 0.15) is 57.8 Å². The van der Waals surface area contributed by atoms with E-state index >= 15 is 0 Å². The van der Waals surface area contributed by atoms with Gasteiger partial charge in [-0.2, -0.15) is 0 Å². The lowest BCUT2D eigenvalue weighted by molar-refractivity contribution is -0.130. The summed E-state index contributed by atoms with van der Waals surface area (Å²) < 4.78 is 0. The fourth-order valence-corrected chi connectivity index (χ4v) is 3.84. The molecule has 1 unspecified atom stereocenters. The van der Waals surface area contributed by atoms with E-state index in [1.807, 2.05) is 0 Å². The highest BCUT2D eigenvalue weighted by molar-refractivity contribution is 9.09. The van der Waals surface area contributed by atoms with Crippen molar-refractivity contribution in [2.75, 3.05) is 31.5 Å². The zero-order chi connectivity index (χ0) is 14.2. The molecule has 0 aromatic rings. The van der Waals surface area contributed by atoms with Crippen molar-refractivity contribution in [3.05, 3.63) is 0 Å². The van der Waals surface area contributed by atoms with Gasteiger partial charge in [-0.05, 0) is 25.8 Å². The van der Waals surface area contributed by atoms with Crippen molar-refractivity contribution in [3.63, 3.8) is 0 Å². The number of nitrogens with zero attached hydrogens (tertiary/aromatic N) is 2. The summed E-state index contributed by atoms with van der Waals surface area (Å²) in [4.78, 5) is 16.3. The van der Waals surface area contributed by atoms with Gasteiger partial charge in [0.2, 0.25) is 5.91 Å². The molecule has 2 aliphatic heterocycles. The fraction of sp³-hybridized carbons (Fsp3) is 0.938. The molecule has 0 spiro atoms. The zero-order valence-corrected chi connectivity index (χ0v) is 14.2. The molecule has 1 atom stereocenters. The van der Waals surface area contributed by atoms with Crippen LogP contribution in [0.4, 0.5) is 0 Å². The maximum atomic E-state index is 11.6. The molecule has 116 valence electrons. The molecule has 0 saturated carbocycles. The normalized spacial score (nSPS) is 23.4. The molecular formula is C16H29BrN2O. The lowest BCUT2D eigenvalue weighted by Gasteiger charge is -2.37. The molecule has 20 heavy (non-hydrogen) atoms. The maximum Gasteiger partial charge on any atom is 0.222 e. The summed E-state index contributed by atoms with van der Waals surface area (Å²) in [5.74, 6) is 0.387. The molecule has 2 aliphatic rings. The van der Waals surface area contributed by atoms with Crippen LogP contribution in [-0.4, -0.2) is 53.3 Å². The highest BCUT2D eigenvalue weighted by atomic mass is 79.9. The van der Waals surface area contributed by atoms with Crippen molar-refractivity contribution in [2.24, 2.45) is 0 Å². The predicted octanol–water partition coefficient (Wildman–Crippen LogP) is 3.42. The van der Waals surface area contributed by atoms with E-state index in [0.29, 0.717) is 11.9 Å². The quantitative estimate of drug-likeness (QED) is 0.472. The maximum absolute atomic E-state index is 11.6. The first-order valence-corrected chi connectivity index (χ1v) is 9.51. The Hall–Kier alpha value is -0.0900. The van der Waals surface area contributed by atoms with Crippen molar-refractivity contribution >= 4 is 21.8 Å². The van der Waals surface area contributed by atoms with Crippen LogP contribution >= 0.6 is 15.9 Å². The molecular weight excluding hydrogens is 316 g/mol. The van der Waals surface area contributed by atoms with Crippen LogP contribution in [0, 0.1) is 0 Å². The van der Waals surface area contributed by atoms with E-state index in [1.54, 1.807) is 0 Å². The second kappa shape index (κ2) is 9.04. The molecule has 1 amide bonds. The number of rotatable bonds is 9. The van der Waals surface area contributed by atoms with Gasteiger partial charge in [-0.15, -0.1) is 0 Å². The van der Waals surface area contributed by atoms with Crippen molar-refractivity contribution < 1.29 is 4.79 Å². The molecule has 0 aromatic carbocycles. The molecule has 3 nitrogen and oxygen atoms in total. The van der Waals surface area contributed by atoms with Gasteiger partial charge in [0.25, 0.3) is 0 Å². The number of piperazine rings is 1. The average molecular weight is 345 g/mol. The Bertz CT molecular complexity index is 298. The highest BCUT2D eigenvalue weighted by Crippen LogP contribution is 2.23. The van der Waals surface area contributed by atoms with Gasteiger partial charge in [-0.1, -0.05) is 48.0 Å². The summed E-state index contributed by atoms with van der Waals surface area (Å²) in [6.07, 6.45) is 11.5. The Morgan fingerprint density at radius 2 is 1.70 bits per heavy atom. The lowest BCUT2D eigenvalue weighted by atomic mass is 10.1. The molecule has 0 aromatic heterocycles. The summed E-state index contributed by atoms with van der Waals surface area (Å²) in [7, 11) is 0. The highest BCUT2D eigenvalue weighted by Gasteiger charge is 2.34. The average Bonchev–Trinajstić information content (AvgIpc) is 2.83. The minimum Gasteiger partial charge on any atom is -0.337 e. The molecule has 4 heteroatoms. The van der Waals surface area contributed by atoms with Gasteiger partial charge < -0.3 is 4.90 Å². The Morgan fingerprint density at radius 3 is 2.45 bits per heavy atom. The summed E-state index contributed by atoms with van der Waals surface area (Å²) in [6, 6.07) is 0.528. The molecule has 2 rings (SSSR count). The summed E-state index contributed by atoms with van der Waals surface area (Å²) in [5.41, 5.74) is 0. The van der Waals surface area contributed by atoms with Gasteiger partial charge in [0.15, 0.2) is 0 Å². The second-order valence-electron chi connectivity index (χ2n) is 6.24. The fourth-order valence-electron chi connectivity index (χ4n) is 3.45. The van der Waals surface area contributed by atoms with Crippen LogP contribution in [0.5, 0.6) is 0 Å². The summed E-state index contributed by atoms with van der Waals surface area (Å²) >= 11 is 3.48. The van der Waals surface area contributed by atoms with Crippen molar-refractivity contribution in [3.8, 4) is 0 Å². The van der Waals surface area contributed by atoms with E-state index in [0.717, 1.165) is 37.8 Å². The van der Waals surface area contributed by atoms with Crippen molar-refractivity contribution in [1.82, 2.24) is 9.80 Å². The molecule has 2 heterocycles. The Balaban J connectivity index is 1.48. The number of halogens is 1. The van der Waals surface area contributed by atoms with Crippen LogP contribution in [0.2, 0.25) is 0 Å². The zero-order valence-electron chi connectivity index (χ0n) is 12.7. The predicted molar refractivity (Wildman–Crippen MR) is 87.3 cm³/mol. The standard InChI is InChI=1S/C16H29BrN2O/c17-10-6-4-2-1-3-5-7-11-18-12-13-19-15(14-18)8-9-16(19)20/h15H,1-14H2. The summed E-state index contributed by atoms with van der Waals surface area (Å²) in [6.45, 7) is 4.42. The van der Waals surface area contributed by atoms with E-state index in [1.165, 1.54) is 51.5 Å². The van der Waals surface area contributed by atoms with E-state index in [2.05, 4.69) is 25.7 Å². The van der Waals surface area contributed by atoms with Gasteiger partial charge in [0.1, 0.15) is 0 Å². The molecule has 2 fully saturated rings. The molecule has 2 saturated heterocycles. The van der Waals surface area contributed by atoms with E-state index in [4.69, 9.17) is 0 Å². The molecule has 0 bridgehead atoms. The monoisotopic (exact) mass is 344 g/mol. The van der Waals surface area contributed by atoms with Gasteiger partial charge in [0.05, 0.1) is 0 Å². The minimum atomic E-state index is 0.387. The largest absolute Gasteiger partial charge is 0.337 e. The minimum absolute atomic E-state index is 0.387. The van der Waals surface area contributed by atoms with Crippen LogP contribution < -0.4 is 0 Å². The van der Waals surface area contributed by atoms with Crippen LogP contribution in [-0.2, 0) is 4.79 Å². The third-order valence-corrected chi connectivity index (χ3v) is 5.25. The number of carbonyl (C=O) groups is 1. The van der Waals surface area contributed by atoms with Crippen LogP contribution in [0.25, 0.3) is 0 Å². The molecule has 0 N–H and O–H groups in total. The number of amides is 1. The number of hydrogen-bond acceptors (Lipinski definition) is 2.